The minimum atomic E-state index is -0.125. The van der Waals surface area contributed by atoms with Gasteiger partial charge < -0.3 is 11.1 Å². The Labute approximate surface area is 108 Å². The highest BCUT2D eigenvalue weighted by molar-refractivity contribution is 5.92. The van der Waals surface area contributed by atoms with Gasteiger partial charge in [0.2, 0.25) is 0 Å². The van der Waals surface area contributed by atoms with Crippen molar-refractivity contribution in [2.45, 2.75) is 45.1 Å². The number of nitrogens with one attached hydrogen (secondary N) is 2. The number of hydrogen-bond donors (Lipinski definition) is 3. The molecule has 1 unspecified atom stereocenters. The van der Waals surface area contributed by atoms with Crippen molar-refractivity contribution in [3.05, 3.63) is 17.5 Å². The fourth-order valence-electron chi connectivity index (χ4n) is 2.68. The van der Waals surface area contributed by atoms with Gasteiger partial charge in [0.1, 0.15) is 5.69 Å². The number of rotatable bonds is 4. The van der Waals surface area contributed by atoms with E-state index in [1.165, 1.54) is 32.1 Å². The van der Waals surface area contributed by atoms with E-state index in [4.69, 9.17) is 5.73 Å². The lowest BCUT2D eigenvalue weighted by atomic mass is 9.84. The molecule has 1 aromatic rings. The first kappa shape index (κ1) is 13.1. The molecule has 1 aliphatic rings. The number of nitrogens with two attached hydrogens (primary N) is 1. The van der Waals surface area contributed by atoms with Gasteiger partial charge in [0.15, 0.2) is 0 Å². The van der Waals surface area contributed by atoms with Crippen LogP contribution in [0.25, 0.3) is 0 Å². The number of H-pyrrole nitrogens is 1. The molecule has 5 nitrogen and oxygen atoms in total. The van der Waals surface area contributed by atoms with Gasteiger partial charge in [-0.3, -0.25) is 9.89 Å². The van der Waals surface area contributed by atoms with Crippen molar-refractivity contribution in [3.63, 3.8) is 0 Å². The van der Waals surface area contributed by atoms with E-state index in [0.717, 1.165) is 5.69 Å². The number of aryl methyl sites for hydroxylation is 1. The van der Waals surface area contributed by atoms with Gasteiger partial charge in [-0.15, -0.1) is 0 Å². The molecule has 100 valence electrons. The summed E-state index contributed by atoms with van der Waals surface area (Å²) in [5.74, 6) is 0.396. The first-order chi connectivity index (χ1) is 8.70. The molecule has 5 heteroatoms. The van der Waals surface area contributed by atoms with Crippen LogP contribution in [0.5, 0.6) is 0 Å². The Bertz CT molecular complexity index is 395. The predicted octanol–water partition coefficient (Wildman–Crippen LogP) is 1.36. The van der Waals surface area contributed by atoms with Crippen LogP contribution in [0.2, 0.25) is 0 Å². The zero-order valence-corrected chi connectivity index (χ0v) is 10.9. The van der Waals surface area contributed by atoms with Crippen LogP contribution >= 0.6 is 0 Å². The van der Waals surface area contributed by atoms with Crippen molar-refractivity contribution < 1.29 is 4.79 Å². The Hall–Kier alpha value is -1.36. The van der Waals surface area contributed by atoms with Crippen molar-refractivity contribution >= 4 is 5.91 Å². The fraction of sp³-hybridized carbons (Fsp3) is 0.692. The smallest absolute Gasteiger partial charge is 0.272 e. The molecule has 1 heterocycles. The van der Waals surface area contributed by atoms with Crippen LogP contribution in [0.1, 0.15) is 48.3 Å². The van der Waals surface area contributed by atoms with Crippen molar-refractivity contribution in [1.29, 1.82) is 0 Å². The Balaban J connectivity index is 1.95. The fourth-order valence-corrected chi connectivity index (χ4v) is 2.68. The van der Waals surface area contributed by atoms with Crippen LogP contribution in [0, 0.1) is 12.8 Å². The summed E-state index contributed by atoms with van der Waals surface area (Å²) in [7, 11) is 0. The minimum Gasteiger partial charge on any atom is -0.346 e. The molecule has 0 spiro atoms. The van der Waals surface area contributed by atoms with E-state index >= 15 is 0 Å². The van der Waals surface area contributed by atoms with E-state index in [2.05, 4.69) is 15.5 Å². The second kappa shape index (κ2) is 6.00. The van der Waals surface area contributed by atoms with Gasteiger partial charge in [0, 0.05) is 18.3 Å². The van der Waals surface area contributed by atoms with Gasteiger partial charge >= 0.3 is 0 Å². The first-order valence-electron chi connectivity index (χ1n) is 6.73. The van der Waals surface area contributed by atoms with Gasteiger partial charge in [-0.1, -0.05) is 19.3 Å². The van der Waals surface area contributed by atoms with Crippen LogP contribution in [0.4, 0.5) is 0 Å². The SMILES string of the molecule is Cc1cc(C(=O)NC(CN)C2CCCCC2)n[nH]1. The Morgan fingerprint density at radius 3 is 2.83 bits per heavy atom. The second-order valence-corrected chi connectivity index (χ2v) is 5.15. The van der Waals surface area contributed by atoms with Crippen LogP contribution < -0.4 is 11.1 Å². The lowest BCUT2D eigenvalue weighted by Crippen LogP contribution is -2.46. The molecule has 2 rings (SSSR count). The molecule has 1 fully saturated rings. The summed E-state index contributed by atoms with van der Waals surface area (Å²) >= 11 is 0. The van der Waals surface area contributed by atoms with Crippen LogP contribution in [-0.2, 0) is 0 Å². The number of carbonyl (C=O) groups is 1. The summed E-state index contributed by atoms with van der Waals surface area (Å²) in [6, 6.07) is 1.83. The summed E-state index contributed by atoms with van der Waals surface area (Å²) in [5, 5.41) is 9.77. The number of carbonyl (C=O) groups excluding carboxylic acids is 1. The zero-order valence-electron chi connectivity index (χ0n) is 10.9. The molecular formula is C13H22N4O. The van der Waals surface area contributed by atoms with E-state index in [1.807, 2.05) is 6.92 Å². The molecule has 18 heavy (non-hydrogen) atoms. The average Bonchev–Trinajstić information content (AvgIpc) is 2.83. The molecule has 1 amide bonds. The Morgan fingerprint density at radius 2 is 2.28 bits per heavy atom. The van der Waals surface area contributed by atoms with Crippen LogP contribution in [0.15, 0.2) is 6.07 Å². The highest BCUT2D eigenvalue weighted by Crippen LogP contribution is 2.26. The van der Waals surface area contributed by atoms with Gasteiger partial charge in [0.05, 0.1) is 0 Å². The summed E-state index contributed by atoms with van der Waals surface area (Å²) in [4.78, 5) is 12.0. The predicted molar refractivity (Wildman–Crippen MR) is 70.2 cm³/mol. The maximum atomic E-state index is 12.0. The summed E-state index contributed by atoms with van der Waals surface area (Å²) in [6.07, 6.45) is 6.14. The maximum absolute atomic E-state index is 12.0. The Kier molecular flexibility index (Phi) is 4.36. The second-order valence-electron chi connectivity index (χ2n) is 5.15. The molecule has 0 aromatic carbocycles. The highest BCUT2D eigenvalue weighted by atomic mass is 16.2. The van der Waals surface area contributed by atoms with E-state index in [1.54, 1.807) is 6.07 Å². The number of nitrogens with zero attached hydrogens (tertiary/aromatic N) is 1. The number of aromatic nitrogens is 2. The molecule has 4 N–H and O–H groups in total. The van der Waals surface area contributed by atoms with Crippen LogP contribution in [-0.4, -0.2) is 28.7 Å². The number of aromatic amines is 1. The van der Waals surface area contributed by atoms with Gasteiger partial charge in [-0.2, -0.15) is 5.10 Å². The molecule has 0 bridgehead atoms. The van der Waals surface area contributed by atoms with Crippen molar-refractivity contribution in [2.75, 3.05) is 6.54 Å². The standard InChI is InChI=1S/C13H22N4O/c1-9-7-11(17-16-9)13(18)15-12(8-14)10-5-3-2-4-6-10/h7,10,12H,2-6,8,14H2,1H3,(H,15,18)(H,16,17). The summed E-state index contributed by atoms with van der Waals surface area (Å²) in [5.41, 5.74) is 7.13. The third kappa shape index (κ3) is 3.10. The molecule has 1 saturated carbocycles. The van der Waals surface area contributed by atoms with Crippen LogP contribution in [0.3, 0.4) is 0 Å². The quantitative estimate of drug-likeness (QED) is 0.754. The van der Waals surface area contributed by atoms with Gasteiger partial charge in [0.25, 0.3) is 5.91 Å². The zero-order chi connectivity index (χ0) is 13.0. The summed E-state index contributed by atoms with van der Waals surface area (Å²) in [6.45, 7) is 2.38. The monoisotopic (exact) mass is 250 g/mol. The minimum absolute atomic E-state index is 0.0785. The summed E-state index contributed by atoms with van der Waals surface area (Å²) < 4.78 is 0. The lowest BCUT2D eigenvalue weighted by Gasteiger charge is -2.29. The molecule has 1 atom stereocenters. The Morgan fingerprint density at radius 1 is 1.56 bits per heavy atom. The average molecular weight is 250 g/mol. The number of amides is 1. The lowest BCUT2D eigenvalue weighted by molar-refractivity contribution is 0.0910. The van der Waals surface area contributed by atoms with E-state index in [-0.39, 0.29) is 11.9 Å². The molecule has 0 aliphatic heterocycles. The molecule has 0 radical (unpaired) electrons. The van der Waals surface area contributed by atoms with Crippen molar-refractivity contribution in [2.24, 2.45) is 11.7 Å². The molecular weight excluding hydrogens is 228 g/mol. The van der Waals surface area contributed by atoms with E-state index in [9.17, 15) is 4.79 Å². The largest absolute Gasteiger partial charge is 0.346 e. The topological polar surface area (TPSA) is 83.8 Å². The first-order valence-corrected chi connectivity index (χ1v) is 6.73. The van der Waals surface area contributed by atoms with Gasteiger partial charge in [-0.05, 0) is 31.7 Å². The van der Waals surface area contributed by atoms with Crippen molar-refractivity contribution in [1.82, 2.24) is 15.5 Å². The van der Waals surface area contributed by atoms with E-state index < -0.39 is 0 Å². The van der Waals surface area contributed by atoms with Gasteiger partial charge in [-0.25, -0.2) is 0 Å². The molecule has 0 saturated heterocycles. The molecule has 1 aromatic heterocycles. The van der Waals surface area contributed by atoms with E-state index in [0.29, 0.717) is 18.2 Å². The third-order valence-corrected chi connectivity index (χ3v) is 3.73. The highest BCUT2D eigenvalue weighted by Gasteiger charge is 2.24. The maximum Gasteiger partial charge on any atom is 0.272 e. The van der Waals surface area contributed by atoms with Crippen molar-refractivity contribution in [3.8, 4) is 0 Å². The number of hydrogen-bond acceptors (Lipinski definition) is 3. The normalized spacial score (nSPS) is 18.6. The molecule has 1 aliphatic carbocycles. The third-order valence-electron chi connectivity index (χ3n) is 3.73.